The highest BCUT2D eigenvalue weighted by Gasteiger charge is 2.23. The number of halogens is 1. The Bertz CT molecular complexity index is 1080. The number of oxazole rings is 1. The van der Waals surface area contributed by atoms with E-state index in [1.165, 1.54) is 12.3 Å². The maximum atomic E-state index is 13.9. The molecule has 1 aliphatic rings. The van der Waals surface area contributed by atoms with Gasteiger partial charge in [0.25, 0.3) is 5.91 Å². The summed E-state index contributed by atoms with van der Waals surface area (Å²) < 4.78 is 21.1. The lowest BCUT2D eigenvalue weighted by molar-refractivity contribution is -0.132. The molecule has 1 aromatic carbocycles. The molecule has 1 fully saturated rings. The van der Waals surface area contributed by atoms with Crippen LogP contribution in [-0.4, -0.2) is 51.1 Å². The van der Waals surface area contributed by atoms with Crippen LogP contribution in [0.5, 0.6) is 0 Å². The molecule has 9 heteroatoms. The summed E-state index contributed by atoms with van der Waals surface area (Å²) in [4.78, 5) is 30.7. The molecule has 0 bridgehead atoms. The molecule has 3 aromatic rings. The van der Waals surface area contributed by atoms with Crippen molar-refractivity contribution in [2.45, 2.75) is 25.7 Å². The lowest BCUT2D eigenvalue weighted by Gasteiger charge is -2.32. The lowest BCUT2D eigenvalue weighted by Crippen LogP contribution is -2.41. The molecule has 1 aliphatic heterocycles. The van der Waals surface area contributed by atoms with Gasteiger partial charge < -0.3 is 14.6 Å². The highest BCUT2D eigenvalue weighted by molar-refractivity contribution is 5.93. The van der Waals surface area contributed by atoms with E-state index in [1.807, 2.05) is 4.90 Å². The number of carbonyl (C=O) groups is 2. The summed E-state index contributed by atoms with van der Waals surface area (Å²) in [6.07, 6.45) is 7.07. The van der Waals surface area contributed by atoms with E-state index in [9.17, 15) is 14.0 Å². The van der Waals surface area contributed by atoms with Crippen molar-refractivity contribution >= 4 is 11.8 Å². The number of carbonyl (C=O) groups excluding carboxylic acids is 2. The van der Waals surface area contributed by atoms with Crippen LogP contribution in [-0.2, 0) is 18.3 Å². The third-order valence-corrected chi connectivity index (χ3v) is 5.73. The molecule has 1 saturated heterocycles. The zero-order valence-corrected chi connectivity index (χ0v) is 18.0. The van der Waals surface area contributed by atoms with Crippen molar-refractivity contribution in [3.05, 3.63) is 60.1 Å². The molecular weight excluding hydrogens is 413 g/mol. The van der Waals surface area contributed by atoms with Gasteiger partial charge in [-0.25, -0.2) is 9.37 Å². The minimum Gasteiger partial charge on any atom is -0.441 e. The third kappa shape index (κ3) is 5.22. The first-order valence-electron chi connectivity index (χ1n) is 10.7. The molecular formula is C23H26FN5O3. The van der Waals surface area contributed by atoms with Gasteiger partial charge in [0.05, 0.1) is 23.5 Å². The molecule has 0 saturated carbocycles. The number of hydrogen-bond acceptors (Lipinski definition) is 5. The predicted molar refractivity (Wildman–Crippen MR) is 115 cm³/mol. The molecule has 4 rings (SSSR count). The van der Waals surface area contributed by atoms with E-state index in [0.29, 0.717) is 61.2 Å². The Kier molecular flexibility index (Phi) is 6.63. The summed E-state index contributed by atoms with van der Waals surface area (Å²) in [6.45, 7) is 1.92. The van der Waals surface area contributed by atoms with Gasteiger partial charge in [-0.2, -0.15) is 5.10 Å². The van der Waals surface area contributed by atoms with Crippen molar-refractivity contribution in [1.29, 1.82) is 0 Å². The molecule has 8 nitrogen and oxygen atoms in total. The molecule has 2 amide bonds. The molecule has 0 unspecified atom stereocenters. The van der Waals surface area contributed by atoms with Crippen LogP contribution in [0.1, 0.15) is 35.5 Å². The van der Waals surface area contributed by atoms with Gasteiger partial charge in [0.15, 0.2) is 11.7 Å². The van der Waals surface area contributed by atoms with Gasteiger partial charge in [-0.1, -0.05) is 12.1 Å². The molecule has 0 spiro atoms. The minimum absolute atomic E-state index is 0.0495. The number of amides is 2. The second kappa shape index (κ2) is 9.76. The Morgan fingerprint density at radius 2 is 2.00 bits per heavy atom. The molecule has 3 heterocycles. The summed E-state index contributed by atoms with van der Waals surface area (Å²) >= 11 is 0. The maximum Gasteiger partial charge on any atom is 0.254 e. The van der Waals surface area contributed by atoms with Gasteiger partial charge in [0.1, 0.15) is 5.82 Å². The normalized spacial score (nSPS) is 14.5. The fourth-order valence-corrected chi connectivity index (χ4v) is 3.85. The van der Waals surface area contributed by atoms with E-state index >= 15 is 0 Å². The van der Waals surface area contributed by atoms with E-state index in [1.54, 1.807) is 42.3 Å². The van der Waals surface area contributed by atoms with Crippen LogP contribution in [0, 0.1) is 11.7 Å². The van der Waals surface area contributed by atoms with Gasteiger partial charge >= 0.3 is 0 Å². The summed E-state index contributed by atoms with van der Waals surface area (Å²) in [7, 11) is 1.77. The summed E-state index contributed by atoms with van der Waals surface area (Å²) in [5.41, 5.74) is 0.903. The van der Waals surface area contributed by atoms with E-state index in [0.717, 1.165) is 12.8 Å². The van der Waals surface area contributed by atoms with Crippen molar-refractivity contribution in [3.63, 3.8) is 0 Å². The summed E-state index contributed by atoms with van der Waals surface area (Å²) in [5, 5.41) is 6.95. The zero-order chi connectivity index (χ0) is 22.5. The van der Waals surface area contributed by atoms with Crippen LogP contribution < -0.4 is 5.32 Å². The molecule has 1 N–H and O–H groups in total. The summed E-state index contributed by atoms with van der Waals surface area (Å²) in [6, 6.07) is 6.35. The second-order valence-electron chi connectivity index (χ2n) is 8.03. The van der Waals surface area contributed by atoms with Gasteiger partial charge in [-0.15, -0.1) is 0 Å². The zero-order valence-electron chi connectivity index (χ0n) is 18.0. The molecule has 0 radical (unpaired) electrons. The number of aryl methyl sites for hydroxylation is 2. The monoisotopic (exact) mass is 439 g/mol. The average molecular weight is 439 g/mol. The Labute approximate surface area is 185 Å². The highest BCUT2D eigenvalue weighted by Crippen LogP contribution is 2.24. The van der Waals surface area contributed by atoms with Crippen molar-refractivity contribution in [3.8, 4) is 11.3 Å². The van der Waals surface area contributed by atoms with E-state index in [4.69, 9.17) is 4.42 Å². The van der Waals surface area contributed by atoms with E-state index in [-0.39, 0.29) is 17.6 Å². The summed E-state index contributed by atoms with van der Waals surface area (Å²) in [5.74, 6) is 0.676. The number of hydrogen-bond donors (Lipinski definition) is 1. The SMILES string of the molecule is Cn1cc(C(=O)NCC2CCN(C(=O)CCc3ncc(-c4ccccc4F)o3)CC2)cn1. The van der Waals surface area contributed by atoms with E-state index < -0.39 is 0 Å². The molecule has 0 atom stereocenters. The Hall–Kier alpha value is -3.49. The van der Waals surface area contributed by atoms with Gasteiger partial charge in [0.2, 0.25) is 5.91 Å². The van der Waals surface area contributed by atoms with Crippen molar-refractivity contribution in [2.75, 3.05) is 19.6 Å². The number of nitrogens with zero attached hydrogens (tertiary/aromatic N) is 4. The van der Waals surface area contributed by atoms with E-state index in [2.05, 4.69) is 15.4 Å². The highest BCUT2D eigenvalue weighted by atomic mass is 19.1. The second-order valence-corrected chi connectivity index (χ2v) is 8.03. The number of benzene rings is 1. The molecule has 32 heavy (non-hydrogen) atoms. The van der Waals surface area contributed by atoms with Crippen molar-refractivity contribution in [1.82, 2.24) is 25.0 Å². The number of nitrogens with one attached hydrogen (secondary N) is 1. The lowest BCUT2D eigenvalue weighted by atomic mass is 9.96. The largest absolute Gasteiger partial charge is 0.441 e. The first-order valence-corrected chi connectivity index (χ1v) is 10.7. The Morgan fingerprint density at radius 1 is 1.22 bits per heavy atom. The fourth-order valence-electron chi connectivity index (χ4n) is 3.85. The van der Waals surface area contributed by atoms with Crippen LogP contribution in [0.2, 0.25) is 0 Å². The van der Waals surface area contributed by atoms with Gasteiger partial charge in [-0.3, -0.25) is 14.3 Å². The Morgan fingerprint density at radius 3 is 2.72 bits per heavy atom. The third-order valence-electron chi connectivity index (χ3n) is 5.73. The Balaban J connectivity index is 1.20. The van der Waals surface area contributed by atoms with Crippen LogP contribution in [0.3, 0.4) is 0 Å². The molecule has 168 valence electrons. The van der Waals surface area contributed by atoms with Crippen LogP contribution in [0.4, 0.5) is 4.39 Å². The number of rotatable bonds is 7. The quantitative estimate of drug-likeness (QED) is 0.611. The number of aromatic nitrogens is 3. The van der Waals surface area contributed by atoms with Gasteiger partial charge in [0, 0.05) is 45.7 Å². The predicted octanol–water partition coefficient (Wildman–Crippen LogP) is 2.82. The topological polar surface area (TPSA) is 93.3 Å². The maximum absolute atomic E-state index is 13.9. The smallest absolute Gasteiger partial charge is 0.254 e. The fraction of sp³-hybridized carbons (Fsp3) is 0.391. The minimum atomic E-state index is -0.370. The first kappa shape index (κ1) is 21.7. The van der Waals surface area contributed by atoms with Crippen LogP contribution in [0.25, 0.3) is 11.3 Å². The number of likely N-dealkylation sites (tertiary alicyclic amines) is 1. The molecule has 0 aliphatic carbocycles. The number of piperidine rings is 1. The van der Waals surface area contributed by atoms with Crippen molar-refractivity contribution < 1.29 is 18.4 Å². The van der Waals surface area contributed by atoms with Gasteiger partial charge in [-0.05, 0) is 30.9 Å². The van der Waals surface area contributed by atoms with Crippen molar-refractivity contribution in [2.24, 2.45) is 13.0 Å². The first-order chi connectivity index (χ1) is 15.5. The van der Waals surface area contributed by atoms with Crippen LogP contribution in [0.15, 0.2) is 47.3 Å². The molecule has 2 aromatic heterocycles. The average Bonchev–Trinajstić information content (AvgIpc) is 3.46. The van der Waals surface area contributed by atoms with Crippen LogP contribution >= 0.6 is 0 Å². The standard InChI is InChI=1S/C23H26FN5O3/c1-28-15-17(13-27-28)23(31)26-12-16-8-10-29(11-9-16)22(30)7-6-21-25-14-20(32-21)18-4-2-3-5-19(18)24/h2-5,13-16H,6-12H2,1H3,(H,26,31).